The molecule has 1 aromatic rings. The van der Waals surface area contributed by atoms with Gasteiger partial charge in [-0.25, -0.2) is 24.2 Å². The minimum Gasteiger partial charge on any atom is -0.292 e. The average Bonchev–Trinajstić information content (AvgIpc) is 2.93. The van der Waals surface area contributed by atoms with Crippen LogP contribution in [0.1, 0.15) is 32.6 Å². The molecule has 1 aliphatic carbocycles. The second-order valence-electron chi connectivity index (χ2n) is 4.53. The van der Waals surface area contributed by atoms with Crippen molar-refractivity contribution in [1.29, 1.82) is 0 Å². The number of nitrogen functional groups attached to an aromatic ring is 1. The van der Waals surface area contributed by atoms with Gasteiger partial charge in [-0.15, -0.1) is 0 Å². The lowest BCUT2D eigenvalue weighted by Crippen LogP contribution is -2.38. The summed E-state index contributed by atoms with van der Waals surface area (Å²) in [6, 6.07) is 0.0994. The van der Waals surface area contributed by atoms with Crippen molar-refractivity contribution in [3.63, 3.8) is 0 Å². The minimum absolute atomic E-state index is 0.0994. The van der Waals surface area contributed by atoms with Crippen LogP contribution in [-0.2, 0) is 10.0 Å². The smallest absolute Gasteiger partial charge is 0.246 e. The highest BCUT2D eigenvalue weighted by molar-refractivity contribution is 7.89. The Morgan fingerprint density at radius 2 is 1.95 bits per heavy atom. The fourth-order valence-electron chi connectivity index (χ4n) is 2.48. The highest BCUT2D eigenvalue weighted by Gasteiger charge is 2.32. The van der Waals surface area contributed by atoms with E-state index in [2.05, 4.69) is 15.4 Å². The van der Waals surface area contributed by atoms with Gasteiger partial charge in [0.2, 0.25) is 16.0 Å². The first-order chi connectivity index (χ1) is 9.09. The summed E-state index contributed by atoms with van der Waals surface area (Å²) in [4.78, 5) is 7.82. The van der Waals surface area contributed by atoms with Crippen LogP contribution >= 0.6 is 0 Å². The van der Waals surface area contributed by atoms with Gasteiger partial charge in [0.05, 0.1) is 12.4 Å². The molecular weight excluding hydrogens is 266 g/mol. The SMILES string of the molecule is CCN(C1CCCC1)S(=O)(=O)c1cnc(NN)nc1. The average molecular weight is 285 g/mol. The normalized spacial score (nSPS) is 17.0. The zero-order chi connectivity index (χ0) is 13.9. The first kappa shape index (κ1) is 14.2. The van der Waals surface area contributed by atoms with Crippen molar-refractivity contribution in [3.05, 3.63) is 12.4 Å². The highest BCUT2D eigenvalue weighted by atomic mass is 32.2. The largest absolute Gasteiger partial charge is 0.292 e. The van der Waals surface area contributed by atoms with E-state index in [4.69, 9.17) is 5.84 Å². The Labute approximate surface area is 113 Å². The van der Waals surface area contributed by atoms with Crippen LogP contribution in [0.25, 0.3) is 0 Å². The number of rotatable bonds is 5. The van der Waals surface area contributed by atoms with E-state index < -0.39 is 10.0 Å². The fourth-order valence-corrected chi connectivity index (χ4v) is 4.06. The van der Waals surface area contributed by atoms with E-state index in [1.165, 1.54) is 12.4 Å². The van der Waals surface area contributed by atoms with Gasteiger partial charge in [-0.1, -0.05) is 19.8 Å². The van der Waals surface area contributed by atoms with Crippen LogP contribution < -0.4 is 11.3 Å². The van der Waals surface area contributed by atoms with E-state index in [1.807, 2.05) is 6.92 Å². The molecule has 2 rings (SSSR count). The maximum atomic E-state index is 12.5. The lowest BCUT2D eigenvalue weighted by Gasteiger charge is -2.26. The van der Waals surface area contributed by atoms with E-state index in [0.717, 1.165) is 25.7 Å². The molecule has 1 aromatic heterocycles. The van der Waals surface area contributed by atoms with Crippen LogP contribution in [0.15, 0.2) is 17.3 Å². The minimum atomic E-state index is -3.52. The summed E-state index contributed by atoms with van der Waals surface area (Å²) in [7, 11) is -3.52. The third kappa shape index (κ3) is 2.85. The monoisotopic (exact) mass is 285 g/mol. The third-order valence-electron chi connectivity index (χ3n) is 3.41. The Morgan fingerprint density at radius 3 is 2.42 bits per heavy atom. The lowest BCUT2D eigenvalue weighted by molar-refractivity contribution is 0.335. The summed E-state index contributed by atoms with van der Waals surface area (Å²) < 4.78 is 26.6. The van der Waals surface area contributed by atoms with Crippen molar-refractivity contribution in [1.82, 2.24) is 14.3 Å². The molecule has 0 amide bonds. The van der Waals surface area contributed by atoms with Crippen LogP contribution in [0, 0.1) is 0 Å². The van der Waals surface area contributed by atoms with Gasteiger partial charge in [0.15, 0.2) is 0 Å². The number of nitrogens with two attached hydrogens (primary N) is 1. The predicted octanol–water partition coefficient (Wildman–Crippen LogP) is 0.715. The Hall–Kier alpha value is -1.25. The molecule has 1 fully saturated rings. The Bertz CT molecular complexity index is 510. The zero-order valence-electron chi connectivity index (χ0n) is 10.9. The van der Waals surface area contributed by atoms with E-state index in [1.54, 1.807) is 4.31 Å². The second kappa shape index (κ2) is 5.81. The molecule has 0 aromatic carbocycles. The summed E-state index contributed by atoms with van der Waals surface area (Å²) in [6.45, 7) is 2.32. The summed E-state index contributed by atoms with van der Waals surface area (Å²) in [5.74, 6) is 5.36. The zero-order valence-corrected chi connectivity index (χ0v) is 11.7. The number of nitrogens with zero attached hydrogens (tertiary/aromatic N) is 3. The molecule has 0 aliphatic heterocycles. The van der Waals surface area contributed by atoms with Gasteiger partial charge in [-0.3, -0.25) is 5.43 Å². The van der Waals surface area contributed by atoms with Crippen LogP contribution in [-0.4, -0.2) is 35.3 Å². The maximum Gasteiger partial charge on any atom is 0.246 e. The predicted molar refractivity (Wildman–Crippen MR) is 71.7 cm³/mol. The summed E-state index contributed by atoms with van der Waals surface area (Å²) in [5, 5.41) is 0. The van der Waals surface area contributed by atoms with Gasteiger partial charge < -0.3 is 0 Å². The van der Waals surface area contributed by atoms with E-state index in [-0.39, 0.29) is 16.9 Å². The van der Waals surface area contributed by atoms with Crippen LogP contribution in [0.5, 0.6) is 0 Å². The van der Waals surface area contributed by atoms with Crippen molar-refractivity contribution in [2.45, 2.75) is 43.5 Å². The van der Waals surface area contributed by atoms with E-state index >= 15 is 0 Å². The number of hydrogen-bond acceptors (Lipinski definition) is 6. The number of hydrazine groups is 1. The Morgan fingerprint density at radius 1 is 1.37 bits per heavy atom. The molecule has 0 bridgehead atoms. The molecule has 0 atom stereocenters. The van der Waals surface area contributed by atoms with Gasteiger partial charge in [0.1, 0.15) is 4.90 Å². The van der Waals surface area contributed by atoms with Gasteiger partial charge in [-0.2, -0.15) is 4.31 Å². The fraction of sp³-hybridized carbons (Fsp3) is 0.636. The maximum absolute atomic E-state index is 12.5. The van der Waals surface area contributed by atoms with Crippen LogP contribution in [0.2, 0.25) is 0 Å². The van der Waals surface area contributed by atoms with Crippen molar-refractivity contribution < 1.29 is 8.42 Å². The van der Waals surface area contributed by atoms with E-state index in [0.29, 0.717) is 6.54 Å². The first-order valence-electron chi connectivity index (χ1n) is 6.40. The summed E-state index contributed by atoms with van der Waals surface area (Å²) >= 11 is 0. The van der Waals surface area contributed by atoms with Crippen molar-refractivity contribution in [3.8, 4) is 0 Å². The van der Waals surface area contributed by atoms with Gasteiger partial charge in [0, 0.05) is 12.6 Å². The molecule has 3 N–H and O–H groups in total. The lowest BCUT2D eigenvalue weighted by atomic mass is 10.2. The number of nitrogens with one attached hydrogen (secondary N) is 1. The number of anilines is 1. The van der Waals surface area contributed by atoms with Crippen molar-refractivity contribution in [2.75, 3.05) is 12.0 Å². The molecule has 1 heterocycles. The molecule has 106 valence electrons. The topological polar surface area (TPSA) is 101 Å². The first-order valence-corrected chi connectivity index (χ1v) is 7.84. The van der Waals surface area contributed by atoms with Crippen LogP contribution in [0.3, 0.4) is 0 Å². The molecule has 8 heteroatoms. The summed E-state index contributed by atoms with van der Waals surface area (Å²) in [6.07, 6.45) is 6.60. The number of hydrogen-bond donors (Lipinski definition) is 2. The summed E-state index contributed by atoms with van der Waals surface area (Å²) in [5.41, 5.74) is 2.27. The molecule has 0 unspecified atom stereocenters. The van der Waals surface area contributed by atoms with Gasteiger partial charge in [0.25, 0.3) is 0 Å². The molecule has 0 saturated heterocycles. The van der Waals surface area contributed by atoms with E-state index in [9.17, 15) is 8.42 Å². The third-order valence-corrected chi connectivity index (χ3v) is 5.39. The molecule has 7 nitrogen and oxygen atoms in total. The second-order valence-corrected chi connectivity index (χ2v) is 6.42. The van der Waals surface area contributed by atoms with Gasteiger partial charge in [-0.05, 0) is 12.8 Å². The van der Waals surface area contributed by atoms with Crippen LogP contribution in [0.4, 0.5) is 5.95 Å². The molecule has 0 radical (unpaired) electrons. The highest BCUT2D eigenvalue weighted by Crippen LogP contribution is 2.28. The molecule has 1 saturated carbocycles. The van der Waals surface area contributed by atoms with Crippen molar-refractivity contribution >= 4 is 16.0 Å². The Kier molecular flexibility index (Phi) is 4.33. The quantitative estimate of drug-likeness (QED) is 0.610. The van der Waals surface area contributed by atoms with Crippen molar-refractivity contribution in [2.24, 2.45) is 5.84 Å². The molecular formula is C11H19N5O2S. The molecule has 19 heavy (non-hydrogen) atoms. The molecule has 1 aliphatic rings. The number of sulfonamides is 1. The molecule has 0 spiro atoms. The van der Waals surface area contributed by atoms with Gasteiger partial charge >= 0.3 is 0 Å². The Balaban J connectivity index is 2.27. The standard InChI is InChI=1S/C11H19N5O2S/c1-2-16(9-5-3-4-6-9)19(17,18)10-7-13-11(15-12)14-8-10/h7-9H,2-6,12H2,1H3,(H,13,14,15). The number of aromatic nitrogens is 2.